The van der Waals surface area contributed by atoms with Crippen molar-refractivity contribution in [2.45, 2.75) is 32.1 Å². The molecule has 3 heterocycles. The van der Waals surface area contributed by atoms with Gasteiger partial charge in [0.1, 0.15) is 5.69 Å². The number of likely N-dealkylation sites (tertiary alicyclic amines) is 2. The van der Waals surface area contributed by atoms with Crippen molar-refractivity contribution in [1.29, 1.82) is 0 Å². The van der Waals surface area contributed by atoms with Crippen LogP contribution in [0.15, 0.2) is 41.3 Å². The summed E-state index contributed by atoms with van der Waals surface area (Å²) < 4.78 is 0. The molecule has 2 fully saturated rings. The second-order valence-electron chi connectivity index (χ2n) is 8.04. The van der Waals surface area contributed by atoms with Crippen molar-refractivity contribution in [2.75, 3.05) is 26.2 Å². The van der Waals surface area contributed by atoms with E-state index < -0.39 is 0 Å². The minimum absolute atomic E-state index is 0.0465. The summed E-state index contributed by atoms with van der Waals surface area (Å²) in [4.78, 5) is 45.4. The average Bonchev–Trinajstić information content (AvgIpc) is 3.15. The topological polar surface area (TPSA) is 89.3 Å². The Kier molecular flexibility index (Phi) is 5.07. The molecule has 2 saturated heterocycles. The first kappa shape index (κ1) is 18.5. The van der Waals surface area contributed by atoms with Crippen LogP contribution < -0.4 is 5.69 Å². The zero-order valence-corrected chi connectivity index (χ0v) is 15.9. The van der Waals surface area contributed by atoms with E-state index in [1.807, 2.05) is 28.0 Å². The van der Waals surface area contributed by atoms with Crippen LogP contribution in [0.3, 0.4) is 0 Å². The Hall–Kier alpha value is -2.83. The van der Waals surface area contributed by atoms with Crippen molar-refractivity contribution in [3.05, 3.63) is 58.3 Å². The van der Waals surface area contributed by atoms with Gasteiger partial charge in [0.25, 0.3) is 5.91 Å². The van der Waals surface area contributed by atoms with Crippen molar-refractivity contribution >= 4 is 11.8 Å². The lowest BCUT2D eigenvalue weighted by Crippen LogP contribution is -2.55. The number of piperidine rings is 2. The number of aromatic amines is 2. The lowest BCUT2D eigenvalue weighted by atomic mass is 9.73. The largest absolute Gasteiger partial charge is 0.342 e. The Labute approximate surface area is 163 Å². The number of nitrogens with zero attached hydrogens (tertiary/aromatic N) is 2. The highest BCUT2D eigenvalue weighted by atomic mass is 16.2. The van der Waals surface area contributed by atoms with Gasteiger partial charge in [-0.3, -0.25) is 9.59 Å². The molecule has 2 N–H and O–H groups in total. The number of benzene rings is 1. The molecule has 0 bridgehead atoms. The van der Waals surface area contributed by atoms with Crippen LogP contribution in [0.25, 0.3) is 0 Å². The summed E-state index contributed by atoms with van der Waals surface area (Å²) in [7, 11) is 0. The Morgan fingerprint density at radius 2 is 1.93 bits per heavy atom. The molecule has 7 nitrogen and oxygen atoms in total. The van der Waals surface area contributed by atoms with Gasteiger partial charge in [-0.25, -0.2) is 4.79 Å². The van der Waals surface area contributed by atoms with Crippen LogP contribution in [0.5, 0.6) is 0 Å². The Morgan fingerprint density at radius 1 is 1.11 bits per heavy atom. The van der Waals surface area contributed by atoms with Gasteiger partial charge in [-0.05, 0) is 31.2 Å². The van der Waals surface area contributed by atoms with Gasteiger partial charge in [0, 0.05) is 44.2 Å². The number of carbonyl (C=O) groups is 2. The normalized spacial score (nSPS) is 22.6. The standard InChI is InChI=1S/C21H26N4O3/c26-18-7-10-21(14-24(18)12-8-16-5-2-1-3-6-16)9-4-11-25(15-21)19(27)17-13-22-20(28)23-17/h1-3,5-6,13H,4,7-12,14-15H2,(H2,22,23,28). The fraction of sp³-hybridized carbons (Fsp3) is 0.476. The molecule has 2 aliphatic rings. The molecule has 2 aromatic rings. The molecule has 2 aliphatic heterocycles. The van der Waals surface area contributed by atoms with Gasteiger partial charge < -0.3 is 19.8 Å². The second kappa shape index (κ2) is 7.66. The highest BCUT2D eigenvalue weighted by molar-refractivity contribution is 5.92. The first-order valence-corrected chi connectivity index (χ1v) is 9.93. The molecular formula is C21H26N4O3. The molecule has 0 radical (unpaired) electrons. The molecule has 0 aliphatic carbocycles. The summed E-state index contributed by atoms with van der Waals surface area (Å²) >= 11 is 0. The third-order valence-corrected chi connectivity index (χ3v) is 6.04. The molecule has 2 amide bonds. The van der Waals surface area contributed by atoms with E-state index in [0.29, 0.717) is 38.3 Å². The number of amides is 2. The van der Waals surface area contributed by atoms with Crippen LogP contribution >= 0.6 is 0 Å². The number of H-pyrrole nitrogens is 2. The number of hydrogen-bond acceptors (Lipinski definition) is 3. The molecule has 1 aromatic carbocycles. The van der Waals surface area contributed by atoms with Gasteiger partial charge in [0.05, 0.1) is 0 Å². The summed E-state index contributed by atoms with van der Waals surface area (Å²) in [5, 5.41) is 0. The second-order valence-corrected chi connectivity index (χ2v) is 8.04. The lowest BCUT2D eigenvalue weighted by molar-refractivity contribution is -0.138. The third-order valence-electron chi connectivity index (χ3n) is 6.04. The first-order valence-electron chi connectivity index (χ1n) is 9.93. The van der Waals surface area contributed by atoms with E-state index in [9.17, 15) is 14.4 Å². The Bertz CT molecular complexity index is 904. The van der Waals surface area contributed by atoms with Crippen molar-refractivity contribution in [2.24, 2.45) is 5.41 Å². The van der Waals surface area contributed by atoms with E-state index in [1.54, 1.807) is 0 Å². The molecule has 4 rings (SSSR count). The van der Waals surface area contributed by atoms with Gasteiger partial charge >= 0.3 is 5.69 Å². The van der Waals surface area contributed by atoms with E-state index in [-0.39, 0.29) is 22.9 Å². The molecular weight excluding hydrogens is 356 g/mol. The molecule has 1 aromatic heterocycles. The van der Waals surface area contributed by atoms with Crippen molar-refractivity contribution in [3.8, 4) is 0 Å². The number of imidazole rings is 1. The maximum absolute atomic E-state index is 12.8. The minimum atomic E-state index is -0.370. The molecule has 1 atom stereocenters. The third kappa shape index (κ3) is 3.88. The summed E-state index contributed by atoms with van der Waals surface area (Å²) in [5.74, 6) is 0.0603. The van der Waals surface area contributed by atoms with Crippen LogP contribution in [0.1, 0.15) is 41.7 Å². The first-order chi connectivity index (χ1) is 13.5. The van der Waals surface area contributed by atoms with E-state index in [1.165, 1.54) is 11.8 Å². The molecule has 148 valence electrons. The predicted octanol–water partition coefficient (Wildman–Crippen LogP) is 1.79. The van der Waals surface area contributed by atoms with Crippen LogP contribution in [-0.4, -0.2) is 57.8 Å². The fourth-order valence-electron chi connectivity index (χ4n) is 4.55. The molecule has 0 saturated carbocycles. The number of carbonyl (C=O) groups excluding carboxylic acids is 2. The molecule has 7 heteroatoms. The molecule has 1 unspecified atom stereocenters. The molecule has 28 heavy (non-hydrogen) atoms. The number of aromatic nitrogens is 2. The number of hydrogen-bond donors (Lipinski definition) is 2. The van der Waals surface area contributed by atoms with E-state index in [0.717, 1.165) is 25.7 Å². The van der Waals surface area contributed by atoms with Gasteiger partial charge in [0.15, 0.2) is 0 Å². The van der Waals surface area contributed by atoms with Gasteiger partial charge in [-0.1, -0.05) is 30.3 Å². The number of nitrogens with one attached hydrogen (secondary N) is 2. The highest BCUT2D eigenvalue weighted by Gasteiger charge is 2.42. The van der Waals surface area contributed by atoms with E-state index in [2.05, 4.69) is 22.1 Å². The fourth-order valence-corrected chi connectivity index (χ4v) is 4.55. The average molecular weight is 382 g/mol. The maximum Gasteiger partial charge on any atom is 0.323 e. The maximum atomic E-state index is 12.8. The van der Waals surface area contributed by atoms with Gasteiger partial charge in [-0.15, -0.1) is 0 Å². The van der Waals surface area contributed by atoms with E-state index >= 15 is 0 Å². The summed E-state index contributed by atoms with van der Waals surface area (Å²) in [6.07, 6.45) is 5.58. The summed E-state index contributed by atoms with van der Waals surface area (Å²) in [5.41, 5.74) is 1.11. The minimum Gasteiger partial charge on any atom is -0.342 e. The van der Waals surface area contributed by atoms with Crippen LogP contribution in [0.4, 0.5) is 0 Å². The SMILES string of the molecule is O=C1CCC2(CCCN(C(=O)c3c[nH]c(=O)[nH]3)C2)CN1CCc1ccccc1. The summed E-state index contributed by atoms with van der Waals surface area (Å²) in [6.45, 7) is 2.73. The van der Waals surface area contributed by atoms with Crippen LogP contribution in [-0.2, 0) is 11.2 Å². The molecule has 1 spiro atoms. The highest BCUT2D eigenvalue weighted by Crippen LogP contribution is 2.39. The zero-order chi connectivity index (χ0) is 19.6. The van der Waals surface area contributed by atoms with Crippen molar-refractivity contribution in [3.63, 3.8) is 0 Å². The quantitative estimate of drug-likeness (QED) is 0.845. The monoisotopic (exact) mass is 382 g/mol. The van der Waals surface area contributed by atoms with Gasteiger partial charge in [0.2, 0.25) is 5.91 Å². The zero-order valence-electron chi connectivity index (χ0n) is 15.9. The smallest absolute Gasteiger partial charge is 0.323 e. The van der Waals surface area contributed by atoms with Gasteiger partial charge in [-0.2, -0.15) is 0 Å². The Balaban J connectivity index is 1.43. The predicted molar refractivity (Wildman–Crippen MR) is 105 cm³/mol. The van der Waals surface area contributed by atoms with Crippen molar-refractivity contribution in [1.82, 2.24) is 19.8 Å². The summed E-state index contributed by atoms with van der Waals surface area (Å²) in [6, 6.07) is 10.2. The van der Waals surface area contributed by atoms with Crippen LogP contribution in [0, 0.1) is 5.41 Å². The van der Waals surface area contributed by atoms with Crippen molar-refractivity contribution < 1.29 is 9.59 Å². The lowest BCUT2D eigenvalue weighted by Gasteiger charge is -2.48. The van der Waals surface area contributed by atoms with Crippen LogP contribution in [0.2, 0.25) is 0 Å². The van der Waals surface area contributed by atoms with E-state index in [4.69, 9.17) is 0 Å². The Morgan fingerprint density at radius 3 is 2.68 bits per heavy atom. The number of rotatable bonds is 4.